The summed E-state index contributed by atoms with van der Waals surface area (Å²) in [6.07, 6.45) is 0.0845. The van der Waals surface area contributed by atoms with Crippen LogP contribution in [0, 0.1) is 12.8 Å². The molecule has 132 valence electrons. The summed E-state index contributed by atoms with van der Waals surface area (Å²) < 4.78 is 5.49. The largest absolute Gasteiger partial charge is 0.374 e. The molecular weight excluding hydrogens is 336 g/mol. The van der Waals surface area contributed by atoms with Gasteiger partial charge in [-0.3, -0.25) is 9.59 Å². The fourth-order valence-corrected chi connectivity index (χ4v) is 3.96. The van der Waals surface area contributed by atoms with E-state index in [9.17, 15) is 9.59 Å². The summed E-state index contributed by atoms with van der Waals surface area (Å²) in [5.41, 5.74) is 0.839. The third-order valence-corrected chi connectivity index (χ3v) is 5.48. The van der Waals surface area contributed by atoms with E-state index < -0.39 is 0 Å². The first-order chi connectivity index (χ1) is 12.1. The van der Waals surface area contributed by atoms with Crippen molar-refractivity contribution < 1.29 is 14.3 Å². The van der Waals surface area contributed by atoms with E-state index in [0.717, 1.165) is 10.6 Å². The van der Waals surface area contributed by atoms with Gasteiger partial charge in [0.25, 0.3) is 0 Å². The number of aryl methyl sites for hydroxylation is 1. The molecule has 5 nitrogen and oxygen atoms in total. The highest BCUT2D eigenvalue weighted by Crippen LogP contribution is 2.26. The normalized spacial score (nSPS) is 18.4. The average Bonchev–Trinajstić information content (AvgIpc) is 3.22. The highest BCUT2D eigenvalue weighted by Gasteiger charge is 2.35. The van der Waals surface area contributed by atoms with Crippen molar-refractivity contribution in [1.29, 1.82) is 0 Å². The topological polar surface area (TPSA) is 58.6 Å². The number of methoxy groups -OCH3 is 1. The molecule has 2 heterocycles. The van der Waals surface area contributed by atoms with Gasteiger partial charge < -0.3 is 15.0 Å². The van der Waals surface area contributed by atoms with Gasteiger partial charge in [-0.1, -0.05) is 18.2 Å². The average molecular weight is 358 g/mol. The van der Waals surface area contributed by atoms with Crippen molar-refractivity contribution in [3.05, 3.63) is 52.2 Å². The van der Waals surface area contributed by atoms with Gasteiger partial charge >= 0.3 is 0 Å². The number of hydrogen-bond acceptors (Lipinski definition) is 4. The Hall–Kier alpha value is -2.18. The van der Waals surface area contributed by atoms with Crippen molar-refractivity contribution in [1.82, 2.24) is 5.32 Å². The van der Waals surface area contributed by atoms with Gasteiger partial charge in [-0.15, -0.1) is 11.3 Å². The zero-order valence-corrected chi connectivity index (χ0v) is 15.2. The molecule has 6 heteroatoms. The first-order valence-corrected chi connectivity index (χ1v) is 9.12. The second kappa shape index (κ2) is 7.80. The molecule has 0 unspecified atom stereocenters. The Kier molecular flexibility index (Phi) is 5.50. The van der Waals surface area contributed by atoms with E-state index in [2.05, 4.69) is 5.32 Å². The second-order valence-electron chi connectivity index (χ2n) is 6.16. The van der Waals surface area contributed by atoms with Crippen molar-refractivity contribution >= 4 is 28.8 Å². The molecule has 3 rings (SSSR count). The predicted molar refractivity (Wildman–Crippen MR) is 98.7 cm³/mol. The SMILES string of the molecule is CO[C@H](CNC(=O)[C@H]1CC(=O)N(c2ccccc2)C1)c1ccc(C)s1. The second-order valence-corrected chi connectivity index (χ2v) is 7.48. The van der Waals surface area contributed by atoms with Crippen LogP contribution in [-0.2, 0) is 14.3 Å². The Balaban J connectivity index is 1.57. The number of hydrogen-bond donors (Lipinski definition) is 1. The molecule has 0 aliphatic carbocycles. The Morgan fingerprint density at radius 3 is 2.72 bits per heavy atom. The summed E-state index contributed by atoms with van der Waals surface area (Å²) in [4.78, 5) is 28.7. The summed E-state index contributed by atoms with van der Waals surface area (Å²) in [7, 11) is 1.64. The highest BCUT2D eigenvalue weighted by atomic mass is 32.1. The molecule has 1 saturated heterocycles. The number of thiophene rings is 1. The van der Waals surface area contributed by atoms with Crippen LogP contribution in [-0.4, -0.2) is 32.0 Å². The number of carbonyl (C=O) groups is 2. The zero-order valence-electron chi connectivity index (χ0n) is 14.4. The summed E-state index contributed by atoms with van der Waals surface area (Å²) in [6, 6.07) is 13.5. The molecule has 0 spiro atoms. The fraction of sp³-hybridized carbons (Fsp3) is 0.368. The quantitative estimate of drug-likeness (QED) is 0.864. The minimum absolute atomic E-state index is 0.0106. The molecule has 1 aromatic heterocycles. The fourth-order valence-electron chi connectivity index (χ4n) is 3.00. The molecule has 1 aromatic carbocycles. The van der Waals surface area contributed by atoms with Crippen molar-refractivity contribution in [2.24, 2.45) is 5.92 Å². The van der Waals surface area contributed by atoms with Gasteiger partial charge in [0.05, 0.1) is 5.92 Å². The number of benzene rings is 1. The number of anilines is 1. The molecule has 2 amide bonds. The van der Waals surface area contributed by atoms with E-state index in [1.54, 1.807) is 23.3 Å². The van der Waals surface area contributed by atoms with E-state index in [1.165, 1.54) is 4.88 Å². The molecule has 0 saturated carbocycles. The van der Waals surface area contributed by atoms with E-state index >= 15 is 0 Å². The molecule has 1 fully saturated rings. The van der Waals surface area contributed by atoms with Gasteiger partial charge in [-0.05, 0) is 31.2 Å². The number of carbonyl (C=O) groups excluding carboxylic acids is 2. The number of amides is 2. The lowest BCUT2D eigenvalue weighted by atomic mass is 10.1. The van der Waals surface area contributed by atoms with Gasteiger partial charge in [-0.25, -0.2) is 0 Å². The van der Waals surface area contributed by atoms with Crippen LogP contribution >= 0.6 is 11.3 Å². The predicted octanol–water partition coefficient (Wildman–Crippen LogP) is 2.91. The molecular formula is C19H22N2O3S. The number of para-hydroxylation sites is 1. The van der Waals surface area contributed by atoms with Crippen molar-refractivity contribution in [3.63, 3.8) is 0 Å². The Morgan fingerprint density at radius 1 is 1.32 bits per heavy atom. The maximum absolute atomic E-state index is 12.5. The van der Waals surface area contributed by atoms with Crippen LogP contribution in [0.4, 0.5) is 5.69 Å². The van der Waals surface area contributed by atoms with Crippen LogP contribution in [0.3, 0.4) is 0 Å². The molecule has 2 atom stereocenters. The lowest BCUT2D eigenvalue weighted by Gasteiger charge is -2.18. The Labute approximate surface area is 151 Å². The van der Waals surface area contributed by atoms with Crippen LogP contribution in [0.15, 0.2) is 42.5 Å². The minimum Gasteiger partial charge on any atom is -0.374 e. The summed E-state index contributed by atoms with van der Waals surface area (Å²) in [5, 5.41) is 2.94. The van der Waals surface area contributed by atoms with Crippen molar-refractivity contribution in [2.75, 3.05) is 25.1 Å². The molecule has 2 aromatic rings. The van der Waals surface area contributed by atoms with Crippen LogP contribution in [0.1, 0.15) is 22.3 Å². The minimum atomic E-state index is -0.324. The third kappa shape index (κ3) is 4.08. The maximum atomic E-state index is 12.5. The lowest BCUT2D eigenvalue weighted by Crippen LogP contribution is -2.35. The number of ether oxygens (including phenoxy) is 1. The van der Waals surface area contributed by atoms with Crippen LogP contribution in [0.25, 0.3) is 0 Å². The van der Waals surface area contributed by atoms with E-state index in [-0.39, 0.29) is 30.3 Å². The van der Waals surface area contributed by atoms with Gasteiger partial charge in [0, 0.05) is 42.1 Å². The van der Waals surface area contributed by atoms with Crippen LogP contribution < -0.4 is 10.2 Å². The summed E-state index contributed by atoms with van der Waals surface area (Å²) in [6.45, 7) is 2.87. The lowest BCUT2D eigenvalue weighted by molar-refractivity contribution is -0.126. The van der Waals surface area contributed by atoms with Crippen LogP contribution in [0.2, 0.25) is 0 Å². The van der Waals surface area contributed by atoms with Gasteiger partial charge in [0.2, 0.25) is 11.8 Å². The summed E-state index contributed by atoms with van der Waals surface area (Å²) in [5.74, 6) is -0.430. The van der Waals surface area contributed by atoms with E-state index in [4.69, 9.17) is 4.74 Å². The number of rotatable bonds is 6. The highest BCUT2D eigenvalue weighted by molar-refractivity contribution is 7.12. The first-order valence-electron chi connectivity index (χ1n) is 8.30. The molecule has 0 radical (unpaired) electrons. The zero-order chi connectivity index (χ0) is 17.8. The molecule has 1 aliphatic heterocycles. The molecule has 25 heavy (non-hydrogen) atoms. The molecule has 1 aliphatic rings. The van der Waals surface area contributed by atoms with Gasteiger partial charge in [-0.2, -0.15) is 0 Å². The molecule has 1 N–H and O–H groups in total. The monoisotopic (exact) mass is 358 g/mol. The van der Waals surface area contributed by atoms with Gasteiger partial charge in [0.15, 0.2) is 0 Å². The third-order valence-electron chi connectivity index (χ3n) is 4.39. The van der Waals surface area contributed by atoms with Crippen LogP contribution in [0.5, 0.6) is 0 Å². The smallest absolute Gasteiger partial charge is 0.227 e. The first kappa shape index (κ1) is 17.6. The van der Waals surface area contributed by atoms with Gasteiger partial charge in [0.1, 0.15) is 6.10 Å². The van der Waals surface area contributed by atoms with E-state index in [0.29, 0.717) is 13.1 Å². The van der Waals surface area contributed by atoms with Crippen molar-refractivity contribution in [2.45, 2.75) is 19.4 Å². The molecule has 0 bridgehead atoms. The standard InChI is InChI=1S/C19H22N2O3S/c1-13-8-9-17(25-13)16(24-2)11-20-19(23)14-10-18(22)21(12-14)15-6-4-3-5-7-15/h3-9,14,16H,10-12H2,1-2H3,(H,20,23)/t14-,16+/m0/s1. The Morgan fingerprint density at radius 2 is 2.08 bits per heavy atom. The summed E-state index contributed by atoms with van der Waals surface area (Å²) >= 11 is 1.66. The van der Waals surface area contributed by atoms with Crippen molar-refractivity contribution in [3.8, 4) is 0 Å². The number of nitrogens with one attached hydrogen (secondary N) is 1. The Bertz CT molecular complexity index is 744. The maximum Gasteiger partial charge on any atom is 0.227 e. The van der Waals surface area contributed by atoms with E-state index in [1.807, 2.05) is 49.4 Å². The number of nitrogens with zero attached hydrogens (tertiary/aromatic N) is 1.